The van der Waals surface area contributed by atoms with Crippen molar-refractivity contribution in [1.29, 1.82) is 0 Å². The zero-order valence-corrected chi connectivity index (χ0v) is 14.8. The molecular weight excluding hydrogens is 351 g/mol. The zero-order valence-electron chi connectivity index (χ0n) is 13.3. The van der Waals surface area contributed by atoms with Gasteiger partial charge in [-0.1, -0.05) is 59.6 Å². The molecule has 5 rings (SSSR count). The van der Waals surface area contributed by atoms with Crippen molar-refractivity contribution in [3.8, 4) is 0 Å². The van der Waals surface area contributed by atoms with Crippen molar-refractivity contribution in [3.05, 3.63) is 93.0 Å². The van der Waals surface area contributed by atoms with Crippen LogP contribution in [0.5, 0.6) is 0 Å². The van der Waals surface area contributed by atoms with Gasteiger partial charge in [-0.05, 0) is 53.0 Å². The molecular formula is C22H14Cl2O. The van der Waals surface area contributed by atoms with Gasteiger partial charge < -0.3 is 0 Å². The van der Waals surface area contributed by atoms with Gasteiger partial charge in [-0.25, -0.2) is 0 Å². The molecule has 0 heterocycles. The van der Waals surface area contributed by atoms with Crippen molar-refractivity contribution in [3.63, 3.8) is 0 Å². The molecule has 122 valence electrons. The maximum absolute atomic E-state index is 13.3. The Labute approximate surface area is 156 Å². The number of benzene rings is 2. The lowest BCUT2D eigenvalue weighted by atomic mass is 9.88. The molecule has 3 aliphatic carbocycles. The summed E-state index contributed by atoms with van der Waals surface area (Å²) >= 11 is 12.1. The van der Waals surface area contributed by atoms with Crippen LogP contribution < -0.4 is 0 Å². The van der Waals surface area contributed by atoms with Gasteiger partial charge in [0.05, 0.1) is 0 Å². The molecule has 2 atom stereocenters. The molecule has 0 radical (unpaired) electrons. The van der Waals surface area contributed by atoms with E-state index in [1.807, 2.05) is 48.5 Å². The van der Waals surface area contributed by atoms with Gasteiger partial charge in [0.25, 0.3) is 0 Å². The lowest BCUT2D eigenvalue weighted by Crippen LogP contribution is -2.07. The SMILES string of the molecule is O=C1C(c2ccc(Cl)cc2)=C(c2ccc(Cl)cc2)C2=C1C1C=CC2C1. The number of ketones is 1. The minimum Gasteiger partial charge on any atom is -0.289 e. The van der Waals surface area contributed by atoms with Gasteiger partial charge in [-0.3, -0.25) is 4.79 Å². The third kappa shape index (κ3) is 2.19. The van der Waals surface area contributed by atoms with Crippen LogP contribution in [0, 0.1) is 11.8 Å². The van der Waals surface area contributed by atoms with Gasteiger partial charge in [0.1, 0.15) is 0 Å². The second-order valence-corrected chi connectivity index (χ2v) is 7.63. The number of carbonyl (C=O) groups is 1. The fourth-order valence-electron chi connectivity index (χ4n) is 4.33. The minimum atomic E-state index is 0.166. The van der Waals surface area contributed by atoms with E-state index in [-0.39, 0.29) is 11.7 Å². The van der Waals surface area contributed by atoms with E-state index < -0.39 is 0 Å². The average Bonchev–Trinajstić information content (AvgIpc) is 3.29. The van der Waals surface area contributed by atoms with Crippen LogP contribution in [-0.2, 0) is 4.79 Å². The van der Waals surface area contributed by atoms with E-state index in [0.717, 1.165) is 34.3 Å². The third-order valence-corrected chi connectivity index (χ3v) is 5.88. The first-order chi connectivity index (χ1) is 12.1. The summed E-state index contributed by atoms with van der Waals surface area (Å²) in [4.78, 5) is 13.3. The van der Waals surface area contributed by atoms with E-state index in [4.69, 9.17) is 23.2 Å². The molecule has 2 unspecified atom stereocenters. The van der Waals surface area contributed by atoms with Gasteiger partial charge in [0, 0.05) is 33.0 Å². The molecule has 0 aromatic heterocycles. The van der Waals surface area contributed by atoms with Crippen LogP contribution in [-0.4, -0.2) is 5.78 Å². The average molecular weight is 365 g/mol. The Kier molecular flexibility index (Phi) is 3.31. The topological polar surface area (TPSA) is 17.1 Å². The molecule has 3 aliphatic rings. The van der Waals surface area contributed by atoms with Gasteiger partial charge in [-0.15, -0.1) is 0 Å². The molecule has 3 heteroatoms. The summed E-state index contributed by atoms with van der Waals surface area (Å²) < 4.78 is 0. The normalized spacial score (nSPS) is 23.8. The molecule has 2 aromatic rings. The van der Waals surface area contributed by atoms with E-state index in [1.165, 1.54) is 5.57 Å². The summed E-state index contributed by atoms with van der Waals surface area (Å²) in [5, 5.41) is 1.37. The van der Waals surface area contributed by atoms with Crippen molar-refractivity contribution in [1.82, 2.24) is 0 Å². The Morgan fingerprint density at radius 2 is 1.16 bits per heavy atom. The molecule has 0 aliphatic heterocycles. The Morgan fingerprint density at radius 3 is 1.72 bits per heavy atom. The third-order valence-electron chi connectivity index (χ3n) is 5.37. The van der Waals surface area contributed by atoms with Crippen LogP contribution >= 0.6 is 23.2 Å². The largest absolute Gasteiger partial charge is 0.289 e. The number of rotatable bonds is 2. The Morgan fingerprint density at radius 1 is 0.680 bits per heavy atom. The number of allylic oxidation sites excluding steroid dienone is 6. The van der Waals surface area contributed by atoms with Crippen molar-refractivity contribution >= 4 is 40.1 Å². The molecule has 2 aromatic carbocycles. The number of Topliss-reactive ketones (excluding diaryl/α,β-unsaturated/α-hetero) is 1. The molecule has 1 nitrogen and oxygen atoms in total. The molecule has 25 heavy (non-hydrogen) atoms. The highest BCUT2D eigenvalue weighted by Gasteiger charge is 2.46. The minimum absolute atomic E-state index is 0.166. The zero-order chi connectivity index (χ0) is 17.1. The van der Waals surface area contributed by atoms with Crippen LogP contribution in [0.4, 0.5) is 0 Å². The van der Waals surface area contributed by atoms with Gasteiger partial charge in [0.15, 0.2) is 5.78 Å². The molecule has 0 N–H and O–H groups in total. The van der Waals surface area contributed by atoms with Crippen LogP contribution in [0.3, 0.4) is 0 Å². The standard InChI is InChI=1S/C22H14Cl2O/c23-16-7-3-12(4-8-16)18-19-14-1-2-15(11-14)21(19)22(25)20(18)13-5-9-17(24)10-6-13/h1-10,14-15H,11H2. The number of carbonyl (C=O) groups excluding carboxylic acids is 1. The highest BCUT2D eigenvalue weighted by molar-refractivity contribution is 6.41. The van der Waals surface area contributed by atoms with E-state index in [9.17, 15) is 4.79 Å². The second kappa shape index (κ2) is 5.45. The predicted octanol–water partition coefficient (Wildman–Crippen LogP) is 5.99. The van der Waals surface area contributed by atoms with Crippen LogP contribution in [0.15, 0.2) is 71.8 Å². The van der Waals surface area contributed by atoms with Crippen LogP contribution in [0.1, 0.15) is 17.5 Å². The Hall–Kier alpha value is -2.09. The van der Waals surface area contributed by atoms with Crippen molar-refractivity contribution < 1.29 is 4.79 Å². The molecule has 0 saturated carbocycles. The lowest BCUT2D eigenvalue weighted by molar-refractivity contribution is -0.110. The summed E-state index contributed by atoms with van der Waals surface area (Å²) in [6, 6.07) is 15.3. The number of halogens is 2. The first-order valence-electron chi connectivity index (χ1n) is 8.37. The van der Waals surface area contributed by atoms with Crippen LogP contribution in [0.2, 0.25) is 10.0 Å². The summed E-state index contributed by atoms with van der Waals surface area (Å²) in [5.41, 5.74) is 6.03. The first kappa shape index (κ1) is 15.2. The van der Waals surface area contributed by atoms with Crippen molar-refractivity contribution in [2.24, 2.45) is 11.8 Å². The Balaban J connectivity index is 1.76. The number of hydrogen-bond acceptors (Lipinski definition) is 1. The van der Waals surface area contributed by atoms with Crippen molar-refractivity contribution in [2.75, 3.05) is 0 Å². The van der Waals surface area contributed by atoms with Crippen molar-refractivity contribution in [2.45, 2.75) is 6.42 Å². The summed E-state index contributed by atoms with van der Waals surface area (Å²) in [6.45, 7) is 0. The Bertz CT molecular complexity index is 991. The highest BCUT2D eigenvalue weighted by Crippen LogP contribution is 2.56. The molecule has 0 saturated heterocycles. The van der Waals surface area contributed by atoms with Crippen LogP contribution in [0.25, 0.3) is 11.1 Å². The summed E-state index contributed by atoms with van der Waals surface area (Å²) in [6.07, 6.45) is 5.46. The predicted molar refractivity (Wildman–Crippen MR) is 102 cm³/mol. The second-order valence-electron chi connectivity index (χ2n) is 6.75. The maximum atomic E-state index is 13.3. The van der Waals surface area contributed by atoms with E-state index >= 15 is 0 Å². The van der Waals surface area contributed by atoms with E-state index in [2.05, 4.69) is 12.2 Å². The molecule has 0 amide bonds. The van der Waals surface area contributed by atoms with Gasteiger partial charge in [-0.2, -0.15) is 0 Å². The van der Waals surface area contributed by atoms with Gasteiger partial charge >= 0.3 is 0 Å². The van der Waals surface area contributed by atoms with E-state index in [1.54, 1.807) is 0 Å². The lowest BCUT2D eigenvalue weighted by Gasteiger charge is -2.15. The molecule has 0 spiro atoms. The molecule has 2 bridgehead atoms. The summed E-state index contributed by atoms with van der Waals surface area (Å²) in [7, 11) is 0. The number of fused-ring (bicyclic) bond motifs is 4. The monoisotopic (exact) mass is 364 g/mol. The fourth-order valence-corrected chi connectivity index (χ4v) is 4.58. The fraction of sp³-hybridized carbons (Fsp3) is 0.136. The van der Waals surface area contributed by atoms with E-state index in [0.29, 0.717) is 16.0 Å². The molecule has 0 fully saturated rings. The number of hydrogen-bond donors (Lipinski definition) is 0. The quantitative estimate of drug-likeness (QED) is 0.598. The van der Waals surface area contributed by atoms with Gasteiger partial charge in [0.2, 0.25) is 0 Å². The maximum Gasteiger partial charge on any atom is 0.191 e. The smallest absolute Gasteiger partial charge is 0.191 e. The first-order valence-corrected chi connectivity index (χ1v) is 9.12. The summed E-state index contributed by atoms with van der Waals surface area (Å²) in [5.74, 6) is 0.776. The highest BCUT2D eigenvalue weighted by atomic mass is 35.5.